The predicted molar refractivity (Wildman–Crippen MR) is 82.6 cm³/mol. The lowest BCUT2D eigenvalue weighted by atomic mass is 10.0. The van der Waals surface area contributed by atoms with Crippen LogP contribution in [-0.4, -0.2) is 5.78 Å². The molecule has 0 aliphatic heterocycles. The largest absolute Gasteiger partial charge is 0.294 e. The van der Waals surface area contributed by atoms with Crippen LogP contribution in [0.1, 0.15) is 81.5 Å². The molecule has 0 spiro atoms. The SMILES string of the molecule is CCCCCCCCCCCC(=O)c1cccc(F)c1. The third kappa shape index (κ3) is 7.42. The summed E-state index contributed by atoms with van der Waals surface area (Å²) in [5, 5.41) is 0. The van der Waals surface area contributed by atoms with Crippen molar-refractivity contribution in [1.29, 1.82) is 0 Å². The van der Waals surface area contributed by atoms with E-state index < -0.39 is 0 Å². The van der Waals surface area contributed by atoms with E-state index in [9.17, 15) is 9.18 Å². The summed E-state index contributed by atoms with van der Waals surface area (Å²) in [6.07, 6.45) is 11.7. The summed E-state index contributed by atoms with van der Waals surface area (Å²) in [5.74, 6) is -0.268. The number of ketones is 1. The highest BCUT2D eigenvalue weighted by Crippen LogP contribution is 2.13. The van der Waals surface area contributed by atoms with E-state index in [-0.39, 0.29) is 11.6 Å². The van der Waals surface area contributed by atoms with E-state index in [1.54, 1.807) is 12.1 Å². The summed E-state index contributed by atoms with van der Waals surface area (Å²) in [6, 6.07) is 5.99. The minimum absolute atomic E-state index is 0.0624. The van der Waals surface area contributed by atoms with Crippen molar-refractivity contribution in [2.75, 3.05) is 0 Å². The fourth-order valence-electron chi connectivity index (χ4n) is 2.40. The molecule has 0 radical (unpaired) electrons. The number of hydrogen-bond donors (Lipinski definition) is 0. The first-order valence-corrected chi connectivity index (χ1v) is 8.03. The number of Topliss-reactive ketones (excluding diaryl/α,β-unsaturated/α-hetero) is 1. The molecule has 0 fully saturated rings. The maximum atomic E-state index is 13.0. The van der Waals surface area contributed by atoms with E-state index in [4.69, 9.17) is 0 Å². The Hall–Kier alpha value is -1.18. The highest BCUT2D eigenvalue weighted by Gasteiger charge is 2.06. The van der Waals surface area contributed by atoms with Crippen LogP contribution in [0.3, 0.4) is 0 Å². The summed E-state index contributed by atoms with van der Waals surface area (Å²) in [7, 11) is 0. The third-order valence-corrected chi connectivity index (χ3v) is 3.65. The number of carbonyl (C=O) groups excluding carboxylic acids is 1. The van der Waals surface area contributed by atoms with E-state index in [0.717, 1.165) is 12.8 Å². The molecule has 1 rings (SSSR count). The van der Waals surface area contributed by atoms with Crippen LogP contribution < -0.4 is 0 Å². The van der Waals surface area contributed by atoms with Crippen LogP contribution >= 0.6 is 0 Å². The van der Waals surface area contributed by atoms with Crippen LogP contribution in [0.4, 0.5) is 4.39 Å². The van der Waals surface area contributed by atoms with Gasteiger partial charge in [-0.3, -0.25) is 4.79 Å². The maximum Gasteiger partial charge on any atom is 0.162 e. The number of unbranched alkanes of at least 4 members (excludes halogenated alkanes) is 8. The molecule has 20 heavy (non-hydrogen) atoms. The van der Waals surface area contributed by atoms with Gasteiger partial charge in [0.1, 0.15) is 5.82 Å². The summed E-state index contributed by atoms with van der Waals surface area (Å²) in [5.41, 5.74) is 0.504. The molecule has 0 amide bonds. The first kappa shape index (κ1) is 16.9. The molecule has 0 aliphatic rings. The number of carbonyl (C=O) groups is 1. The molecular formula is C18H27FO. The molecule has 0 aromatic heterocycles. The molecule has 0 saturated carbocycles. The van der Waals surface area contributed by atoms with Crippen molar-refractivity contribution in [2.45, 2.75) is 71.1 Å². The molecular weight excluding hydrogens is 251 g/mol. The lowest BCUT2D eigenvalue weighted by Gasteiger charge is -2.03. The smallest absolute Gasteiger partial charge is 0.162 e. The summed E-state index contributed by atoms with van der Waals surface area (Å²) >= 11 is 0. The van der Waals surface area contributed by atoms with Crippen molar-refractivity contribution in [3.63, 3.8) is 0 Å². The van der Waals surface area contributed by atoms with Crippen molar-refractivity contribution >= 4 is 5.78 Å². The van der Waals surface area contributed by atoms with Crippen molar-refractivity contribution in [2.24, 2.45) is 0 Å². The molecule has 0 bridgehead atoms. The van der Waals surface area contributed by atoms with Crippen molar-refractivity contribution in [1.82, 2.24) is 0 Å². The van der Waals surface area contributed by atoms with Gasteiger partial charge in [0.2, 0.25) is 0 Å². The highest BCUT2D eigenvalue weighted by molar-refractivity contribution is 5.95. The Morgan fingerprint density at radius 3 is 2.15 bits per heavy atom. The Balaban J connectivity index is 2.02. The average Bonchev–Trinajstić information content (AvgIpc) is 2.45. The molecule has 0 heterocycles. The molecule has 0 saturated heterocycles. The number of halogens is 1. The topological polar surface area (TPSA) is 17.1 Å². The molecule has 2 heteroatoms. The van der Waals surface area contributed by atoms with E-state index in [1.807, 2.05) is 0 Å². The van der Waals surface area contributed by atoms with E-state index in [0.29, 0.717) is 12.0 Å². The fraction of sp³-hybridized carbons (Fsp3) is 0.611. The Kier molecular flexibility index (Phi) is 8.93. The van der Waals surface area contributed by atoms with Gasteiger partial charge in [0.25, 0.3) is 0 Å². The molecule has 112 valence electrons. The Morgan fingerprint density at radius 2 is 1.55 bits per heavy atom. The quantitative estimate of drug-likeness (QED) is 0.362. The zero-order valence-corrected chi connectivity index (χ0v) is 12.7. The zero-order valence-electron chi connectivity index (χ0n) is 12.7. The second kappa shape index (κ2) is 10.6. The third-order valence-electron chi connectivity index (χ3n) is 3.65. The van der Waals surface area contributed by atoms with Gasteiger partial charge in [-0.15, -0.1) is 0 Å². The van der Waals surface area contributed by atoms with Crippen molar-refractivity contribution < 1.29 is 9.18 Å². The van der Waals surface area contributed by atoms with Crippen molar-refractivity contribution in [3.05, 3.63) is 35.6 Å². The monoisotopic (exact) mass is 278 g/mol. The second-order valence-electron chi connectivity index (χ2n) is 5.51. The molecule has 1 aromatic carbocycles. The Bertz CT molecular complexity index is 387. The van der Waals surface area contributed by atoms with Gasteiger partial charge < -0.3 is 0 Å². The van der Waals surface area contributed by atoms with Crippen LogP contribution in [0, 0.1) is 5.82 Å². The maximum absolute atomic E-state index is 13.0. The van der Waals surface area contributed by atoms with Crippen LogP contribution in [0.15, 0.2) is 24.3 Å². The van der Waals surface area contributed by atoms with Crippen molar-refractivity contribution in [3.8, 4) is 0 Å². The van der Waals surface area contributed by atoms with Gasteiger partial charge in [0.05, 0.1) is 0 Å². The van der Waals surface area contributed by atoms with Gasteiger partial charge in [-0.05, 0) is 18.6 Å². The average molecular weight is 278 g/mol. The number of hydrogen-bond acceptors (Lipinski definition) is 1. The van der Waals surface area contributed by atoms with E-state index >= 15 is 0 Å². The minimum atomic E-state index is -0.331. The first-order chi connectivity index (χ1) is 9.74. The molecule has 1 aromatic rings. The van der Waals surface area contributed by atoms with Gasteiger partial charge >= 0.3 is 0 Å². The van der Waals surface area contributed by atoms with Crippen LogP contribution in [0.5, 0.6) is 0 Å². The number of benzene rings is 1. The number of rotatable bonds is 11. The van der Waals surface area contributed by atoms with Crippen LogP contribution in [0.2, 0.25) is 0 Å². The summed E-state index contributed by atoms with van der Waals surface area (Å²) in [4.78, 5) is 11.8. The first-order valence-electron chi connectivity index (χ1n) is 8.03. The van der Waals surface area contributed by atoms with Gasteiger partial charge in [0.15, 0.2) is 5.78 Å². The molecule has 1 nitrogen and oxygen atoms in total. The Morgan fingerprint density at radius 1 is 0.950 bits per heavy atom. The van der Waals surface area contributed by atoms with Gasteiger partial charge in [-0.2, -0.15) is 0 Å². The fourth-order valence-corrected chi connectivity index (χ4v) is 2.40. The van der Waals surface area contributed by atoms with E-state index in [2.05, 4.69) is 6.92 Å². The minimum Gasteiger partial charge on any atom is -0.294 e. The second-order valence-corrected chi connectivity index (χ2v) is 5.51. The van der Waals surface area contributed by atoms with E-state index in [1.165, 1.54) is 57.1 Å². The molecule has 0 unspecified atom stereocenters. The van der Waals surface area contributed by atoms with Gasteiger partial charge in [-0.1, -0.05) is 70.4 Å². The molecule has 0 aliphatic carbocycles. The highest BCUT2D eigenvalue weighted by atomic mass is 19.1. The summed E-state index contributed by atoms with van der Waals surface area (Å²) in [6.45, 7) is 2.23. The lowest BCUT2D eigenvalue weighted by molar-refractivity contribution is 0.0978. The van der Waals surface area contributed by atoms with Gasteiger partial charge in [-0.25, -0.2) is 4.39 Å². The van der Waals surface area contributed by atoms with Gasteiger partial charge in [0, 0.05) is 12.0 Å². The predicted octanol–water partition coefficient (Wildman–Crippen LogP) is 5.93. The summed E-state index contributed by atoms with van der Waals surface area (Å²) < 4.78 is 13.0. The normalized spacial score (nSPS) is 10.7. The van der Waals surface area contributed by atoms with Crippen LogP contribution in [0.25, 0.3) is 0 Å². The molecule has 0 N–H and O–H groups in total. The lowest BCUT2D eigenvalue weighted by Crippen LogP contribution is -1.99. The zero-order chi connectivity index (χ0) is 14.6. The Labute approximate surface area is 122 Å². The van der Waals surface area contributed by atoms with Crippen LogP contribution in [-0.2, 0) is 0 Å². The molecule has 0 atom stereocenters. The standard InChI is InChI=1S/C18H27FO/c1-2-3-4-5-6-7-8-9-10-14-18(20)16-12-11-13-17(19)15-16/h11-13,15H,2-10,14H2,1H3.